The van der Waals surface area contributed by atoms with Crippen LogP contribution in [-0.4, -0.2) is 28.5 Å². The molecule has 0 spiro atoms. The zero-order valence-electron chi connectivity index (χ0n) is 21.1. The van der Waals surface area contributed by atoms with Crippen LogP contribution in [0.25, 0.3) is 17.4 Å². The van der Waals surface area contributed by atoms with Gasteiger partial charge in [-0.2, -0.15) is 0 Å². The molecule has 0 N–H and O–H groups in total. The molecule has 0 saturated heterocycles. The molecule has 4 aromatic rings. The standard InChI is InChI=1S/C29H25BrClN3O3S/c1-4-33(5-2)28(36)25-17(3)32-29-34(26(25)18-9-11-21(31)12-10-18)27(35)24(38-29)16-22-13-14-23(37-22)19-7-6-8-20(30)15-19/h6-16,26H,4-5H2,1-3H3/b24-16+/t26-/m1/s1. The maximum absolute atomic E-state index is 13.8. The fourth-order valence-electron chi connectivity index (χ4n) is 4.59. The normalized spacial score (nSPS) is 15.4. The second-order valence-electron chi connectivity index (χ2n) is 8.82. The van der Waals surface area contributed by atoms with Crippen LogP contribution in [0.4, 0.5) is 0 Å². The number of fused-ring (bicyclic) bond motifs is 1. The van der Waals surface area contributed by atoms with Crippen molar-refractivity contribution in [3.05, 3.63) is 112 Å². The highest BCUT2D eigenvalue weighted by atomic mass is 79.9. The summed E-state index contributed by atoms with van der Waals surface area (Å²) in [7, 11) is 0. The van der Waals surface area contributed by atoms with E-state index in [-0.39, 0.29) is 11.5 Å². The molecule has 1 aliphatic heterocycles. The molecular weight excluding hydrogens is 586 g/mol. The van der Waals surface area contributed by atoms with Gasteiger partial charge < -0.3 is 9.32 Å². The third-order valence-corrected chi connectivity index (χ3v) is 8.23. The zero-order chi connectivity index (χ0) is 27.0. The van der Waals surface area contributed by atoms with Crippen LogP contribution in [0.3, 0.4) is 0 Å². The number of hydrogen-bond acceptors (Lipinski definition) is 5. The first-order valence-corrected chi connectivity index (χ1v) is 14.2. The Morgan fingerprint density at radius 1 is 1.16 bits per heavy atom. The Bertz CT molecular complexity index is 1730. The van der Waals surface area contributed by atoms with Gasteiger partial charge in [0.15, 0.2) is 4.80 Å². The summed E-state index contributed by atoms with van der Waals surface area (Å²) in [6.07, 6.45) is 1.73. The number of thiazole rings is 1. The maximum Gasteiger partial charge on any atom is 0.271 e. The van der Waals surface area contributed by atoms with E-state index in [4.69, 9.17) is 21.0 Å². The van der Waals surface area contributed by atoms with Crippen LogP contribution in [0.1, 0.15) is 38.1 Å². The van der Waals surface area contributed by atoms with Crippen LogP contribution in [0.5, 0.6) is 0 Å². The summed E-state index contributed by atoms with van der Waals surface area (Å²) in [6, 6.07) is 18.2. The van der Waals surface area contributed by atoms with Crippen molar-refractivity contribution in [2.45, 2.75) is 26.8 Å². The fraction of sp³-hybridized carbons (Fsp3) is 0.207. The Labute approximate surface area is 237 Å². The highest BCUT2D eigenvalue weighted by molar-refractivity contribution is 9.10. The molecule has 1 aliphatic rings. The Hall–Kier alpha value is -3.20. The first kappa shape index (κ1) is 26.4. The molecule has 0 unspecified atom stereocenters. The second kappa shape index (κ2) is 10.9. The van der Waals surface area contributed by atoms with Crippen molar-refractivity contribution in [1.82, 2.24) is 9.47 Å². The monoisotopic (exact) mass is 609 g/mol. The molecule has 5 rings (SSSR count). The number of furan rings is 1. The van der Waals surface area contributed by atoms with Gasteiger partial charge in [0.25, 0.3) is 11.5 Å². The molecule has 0 fully saturated rings. The molecule has 2 aromatic carbocycles. The number of aromatic nitrogens is 1. The molecule has 0 bridgehead atoms. The summed E-state index contributed by atoms with van der Waals surface area (Å²) in [5.41, 5.74) is 2.58. The Kier molecular flexibility index (Phi) is 7.56. The molecular formula is C29H25BrClN3O3S. The number of allylic oxidation sites excluding steroid dienone is 1. The number of nitrogens with zero attached hydrogens (tertiary/aromatic N) is 3. The van der Waals surface area contributed by atoms with E-state index in [9.17, 15) is 9.59 Å². The van der Waals surface area contributed by atoms with Gasteiger partial charge in [0.05, 0.1) is 21.8 Å². The van der Waals surface area contributed by atoms with Crippen molar-refractivity contribution in [3.63, 3.8) is 0 Å². The van der Waals surface area contributed by atoms with Crippen LogP contribution in [0, 0.1) is 0 Å². The van der Waals surface area contributed by atoms with Gasteiger partial charge in [-0.05, 0) is 62.7 Å². The van der Waals surface area contributed by atoms with Gasteiger partial charge in [-0.15, -0.1) is 0 Å². The van der Waals surface area contributed by atoms with E-state index in [1.165, 1.54) is 11.3 Å². The predicted octanol–water partition coefficient (Wildman–Crippen LogP) is 5.78. The highest BCUT2D eigenvalue weighted by Crippen LogP contribution is 2.32. The minimum atomic E-state index is -0.618. The molecule has 38 heavy (non-hydrogen) atoms. The average molecular weight is 611 g/mol. The van der Waals surface area contributed by atoms with Gasteiger partial charge in [-0.25, -0.2) is 4.99 Å². The minimum absolute atomic E-state index is 0.129. The van der Waals surface area contributed by atoms with Crippen molar-refractivity contribution in [2.75, 3.05) is 13.1 Å². The summed E-state index contributed by atoms with van der Waals surface area (Å²) < 4.78 is 9.09. The Morgan fingerprint density at radius 3 is 2.58 bits per heavy atom. The minimum Gasteiger partial charge on any atom is -0.457 e. The van der Waals surface area contributed by atoms with Crippen LogP contribution in [0.2, 0.25) is 5.02 Å². The molecule has 0 aliphatic carbocycles. The molecule has 1 amide bonds. The molecule has 0 saturated carbocycles. The third-order valence-electron chi connectivity index (χ3n) is 6.50. The van der Waals surface area contributed by atoms with Crippen molar-refractivity contribution in [1.29, 1.82) is 0 Å². The first-order chi connectivity index (χ1) is 18.3. The largest absolute Gasteiger partial charge is 0.457 e. The maximum atomic E-state index is 13.8. The van der Waals surface area contributed by atoms with E-state index in [1.54, 1.807) is 27.7 Å². The smallest absolute Gasteiger partial charge is 0.271 e. The number of carbonyl (C=O) groups is 1. The van der Waals surface area contributed by atoms with E-state index in [0.29, 0.717) is 50.2 Å². The van der Waals surface area contributed by atoms with E-state index in [1.807, 2.05) is 69.3 Å². The lowest BCUT2D eigenvalue weighted by atomic mass is 9.94. The Balaban J connectivity index is 1.65. The molecule has 194 valence electrons. The fourth-order valence-corrected chi connectivity index (χ4v) is 6.15. The molecule has 1 atom stereocenters. The molecule has 9 heteroatoms. The lowest BCUT2D eigenvalue weighted by Gasteiger charge is -2.29. The summed E-state index contributed by atoms with van der Waals surface area (Å²) in [6.45, 7) is 6.82. The van der Waals surface area contributed by atoms with Crippen molar-refractivity contribution < 1.29 is 9.21 Å². The van der Waals surface area contributed by atoms with E-state index in [2.05, 4.69) is 15.9 Å². The topological polar surface area (TPSA) is 67.8 Å². The van der Waals surface area contributed by atoms with Crippen LogP contribution in [0.15, 0.2) is 90.6 Å². The number of halogens is 2. The van der Waals surface area contributed by atoms with Gasteiger partial charge >= 0.3 is 0 Å². The van der Waals surface area contributed by atoms with E-state index in [0.717, 1.165) is 15.6 Å². The first-order valence-electron chi connectivity index (χ1n) is 12.2. The number of benzene rings is 2. The molecule has 2 aromatic heterocycles. The van der Waals surface area contributed by atoms with Crippen LogP contribution in [-0.2, 0) is 4.79 Å². The quantitative estimate of drug-likeness (QED) is 0.278. The van der Waals surface area contributed by atoms with Crippen LogP contribution < -0.4 is 14.9 Å². The van der Waals surface area contributed by atoms with Gasteiger partial charge in [0, 0.05) is 34.2 Å². The molecule has 3 heterocycles. The lowest BCUT2D eigenvalue weighted by Crippen LogP contribution is -2.43. The SMILES string of the molecule is CCN(CC)C(=O)C1=C(C)N=c2s/c(=C/c3ccc(-c4cccc(Br)c4)o3)c(=O)n2[C@@H]1c1ccc(Cl)cc1. The number of carbonyl (C=O) groups excluding carboxylic acids is 1. The number of rotatable bonds is 6. The van der Waals surface area contributed by atoms with E-state index < -0.39 is 6.04 Å². The van der Waals surface area contributed by atoms with Crippen molar-refractivity contribution in [2.24, 2.45) is 4.99 Å². The molecule has 6 nitrogen and oxygen atoms in total. The number of likely N-dealkylation sites (N-methyl/N-ethyl adjacent to an activating group) is 1. The zero-order valence-corrected chi connectivity index (χ0v) is 24.2. The third kappa shape index (κ3) is 4.96. The summed E-state index contributed by atoms with van der Waals surface area (Å²) in [4.78, 5) is 34.5. The average Bonchev–Trinajstić information content (AvgIpc) is 3.49. The summed E-state index contributed by atoms with van der Waals surface area (Å²) in [5.74, 6) is 1.13. The predicted molar refractivity (Wildman–Crippen MR) is 155 cm³/mol. The second-order valence-corrected chi connectivity index (χ2v) is 11.2. The van der Waals surface area contributed by atoms with Gasteiger partial charge in [-0.1, -0.05) is 63.1 Å². The van der Waals surface area contributed by atoms with Gasteiger partial charge in [0.1, 0.15) is 11.5 Å². The lowest BCUT2D eigenvalue weighted by molar-refractivity contribution is -0.127. The summed E-state index contributed by atoms with van der Waals surface area (Å²) in [5, 5.41) is 0.581. The van der Waals surface area contributed by atoms with Gasteiger partial charge in [0.2, 0.25) is 0 Å². The number of amides is 1. The summed E-state index contributed by atoms with van der Waals surface area (Å²) >= 11 is 10.9. The highest BCUT2D eigenvalue weighted by Gasteiger charge is 2.34. The number of hydrogen-bond donors (Lipinski definition) is 0. The van der Waals surface area contributed by atoms with Crippen molar-refractivity contribution in [3.8, 4) is 11.3 Å². The van der Waals surface area contributed by atoms with Crippen LogP contribution >= 0.6 is 38.9 Å². The van der Waals surface area contributed by atoms with Crippen molar-refractivity contribution >= 4 is 50.9 Å². The molecule has 0 radical (unpaired) electrons. The van der Waals surface area contributed by atoms with E-state index >= 15 is 0 Å². The Morgan fingerprint density at radius 2 is 1.89 bits per heavy atom. The van der Waals surface area contributed by atoms with Gasteiger partial charge in [-0.3, -0.25) is 14.2 Å².